The number of aromatic nitrogens is 3. The van der Waals surface area contributed by atoms with Crippen LogP contribution in [0.15, 0.2) is 54.5 Å². The highest BCUT2D eigenvalue weighted by atomic mass is 32.2. The van der Waals surface area contributed by atoms with E-state index in [0.29, 0.717) is 12.3 Å². The molecule has 1 heterocycles. The lowest BCUT2D eigenvalue weighted by molar-refractivity contribution is -0.116. The van der Waals surface area contributed by atoms with Crippen LogP contribution >= 0.6 is 11.8 Å². The van der Waals surface area contributed by atoms with E-state index >= 15 is 0 Å². The number of hydrogen-bond acceptors (Lipinski definition) is 4. The molecule has 0 unspecified atom stereocenters. The number of thioether (sulfide) groups is 1. The zero-order valence-corrected chi connectivity index (χ0v) is 12.1. The molecule has 0 aliphatic rings. The SMILES string of the molecule is C=CCN(C(=O)CSc1nncn1C)c1ccccc1. The van der Waals surface area contributed by atoms with Gasteiger partial charge in [0.1, 0.15) is 6.33 Å². The molecule has 0 atom stereocenters. The average molecular weight is 288 g/mol. The summed E-state index contributed by atoms with van der Waals surface area (Å²) in [6.07, 6.45) is 3.34. The molecule has 1 amide bonds. The first-order valence-electron chi connectivity index (χ1n) is 6.15. The maximum Gasteiger partial charge on any atom is 0.237 e. The summed E-state index contributed by atoms with van der Waals surface area (Å²) >= 11 is 1.37. The van der Waals surface area contributed by atoms with Crippen molar-refractivity contribution in [2.75, 3.05) is 17.2 Å². The third-order valence-corrected chi connectivity index (χ3v) is 3.69. The van der Waals surface area contributed by atoms with Crippen molar-refractivity contribution in [2.45, 2.75) is 5.16 Å². The minimum absolute atomic E-state index is 0.0177. The molecule has 0 aliphatic heterocycles. The van der Waals surface area contributed by atoms with Crippen LogP contribution in [0.5, 0.6) is 0 Å². The first kappa shape index (κ1) is 14.3. The molecule has 0 fully saturated rings. The van der Waals surface area contributed by atoms with Gasteiger partial charge in [-0.1, -0.05) is 36.0 Å². The number of nitrogens with zero attached hydrogens (tertiary/aromatic N) is 4. The van der Waals surface area contributed by atoms with Gasteiger partial charge in [-0.15, -0.1) is 16.8 Å². The van der Waals surface area contributed by atoms with Crippen molar-refractivity contribution in [3.05, 3.63) is 49.3 Å². The predicted octanol–water partition coefficient (Wildman–Crippen LogP) is 2.13. The third kappa shape index (κ3) is 3.48. The molecular weight excluding hydrogens is 272 g/mol. The summed E-state index contributed by atoms with van der Waals surface area (Å²) in [4.78, 5) is 14.0. The lowest BCUT2D eigenvalue weighted by Gasteiger charge is -2.20. The number of anilines is 1. The number of aryl methyl sites for hydroxylation is 1. The van der Waals surface area contributed by atoms with Gasteiger partial charge in [0.15, 0.2) is 5.16 Å². The van der Waals surface area contributed by atoms with Crippen molar-refractivity contribution in [1.82, 2.24) is 14.8 Å². The Morgan fingerprint density at radius 1 is 1.45 bits per heavy atom. The second-order valence-corrected chi connectivity index (χ2v) is 5.08. The van der Waals surface area contributed by atoms with E-state index in [9.17, 15) is 4.79 Å². The Morgan fingerprint density at radius 2 is 2.20 bits per heavy atom. The Labute approximate surface area is 122 Å². The summed E-state index contributed by atoms with van der Waals surface area (Å²) in [6, 6.07) is 9.57. The number of rotatable bonds is 6. The quantitative estimate of drug-likeness (QED) is 0.603. The fourth-order valence-corrected chi connectivity index (χ4v) is 2.46. The number of carbonyl (C=O) groups excluding carboxylic acids is 1. The van der Waals surface area contributed by atoms with Crippen LogP contribution < -0.4 is 4.90 Å². The Kier molecular flexibility index (Phi) is 4.95. The third-order valence-electron chi connectivity index (χ3n) is 2.68. The summed E-state index contributed by atoms with van der Waals surface area (Å²) in [5, 5.41) is 8.47. The zero-order chi connectivity index (χ0) is 14.4. The maximum absolute atomic E-state index is 12.3. The standard InChI is InChI=1S/C14H16N4OS/c1-3-9-18(12-7-5-4-6-8-12)13(19)10-20-14-16-15-11-17(14)2/h3-8,11H,1,9-10H2,2H3. The summed E-state index contributed by atoms with van der Waals surface area (Å²) in [5.74, 6) is 0.332. The highest BCUT2D eigenvalue weighted by molar-refractivity contribution is 7.99. The molecule has 0 bridgehead atoms. The molecule has 0 saturated heterocycles. The number of amides is 1. The smallest absolute Gasteiger partial charge is 0.237 e. The van der Waals surface area contributed by atoms with Crippen molar-refractivity contribution < 1.29 is 4.79 Å². The second kappa shape index (κ2) is 6.91. The van der Waals surface area contributed by atoms with Crippen LogP contribution in [0.2, 0.25) is 0 Å². The molecule has 2 rings (SSSR count). The largest absolute Gasteiger partial charge is 0.312 e. The van der Waals surface area contributed by atoms with E-state index in [1.807, 2.05) is 37.4 Å². The second-order valence-electron chi connectivity index (χ2n) is 4.14. The topological polar surface area (TPSA) is 51.0 Å². The number of para-hydroxylation sites is 1. The fraction of sp³-hybridized carbons (Fsp3) is 0.214. The monoisotopic (exact) mass is 288 g/mol. The van der Waals surface area contributed by atoms with E-state index in [1.165, 1.54) is 11.8 Å². The Balaban J connectivity index is 2.04. The van der Waals surface area contributed by atoms with Gasteiger partial charge in [0, 0.05) is 19.3 Å². The molecule has 2 aromatic rings. The highest BCUT2D eigenvalue weighted by Gasteiger charge is 2.15. The number of hydrogen-bond donors (Lipinski definition) is 0. The zero-order valence-electron chi connectivity index (χ0n) is 11.3. The van der Waals surface area contributed by atoms with Crippen LogP contribution in [-0.2, 0) is 11.8 Å². The fourth-order valence-electron chi connectivity index (χ4n) is 1.70. The van der Waals surface area contributed by atoms with Gasteiger partial charge in [-0.3, -0.25) is 4.79 Å². The normalized spacial score (nSPS) is 10.2. The maximum atomic E-state index is 12.3. The lowest BCUT2D eigenvalue weighted by Crippen LogP contribution is -2.32. The summed E-state index contributed by atoms with van der Waals surface area (Å²) < 4.78 is 1.79. The number of carbonyl (C=O) groups is 1. The molecule has 1 aromatic heterocycles. The van der Waals surface area contributed by atoms with Crippen LogP contribution in [0.4, 0.5) is 5.69 Å². The van der Waals surface area contributed by atoms with Crippen LogP contribution in [0.3, 0.4) is 0 Å². The van der Waals surface area contributed by atoms with Crippen molar-refractivity contribution >= 4 is 23.4 Å². The first-order valence-corrected chi connectivity index (χ1v) is 7.14. The predicted molar refractivity (Wildman–Crippen MR) is 80.7 cm³/mol. The lowest BCUT2D eigenvalue weighted by atomic mass is 10.3. The average Bonchev–Trinajstić information content (AvgIpc) is 2.88. The molecule has 6 heteroatoms. The van der Waals surface area contributed by atoms with Crippen molar-refractivity contribution in [3.63, 3.8) is 0 Å². The molecule has 0 spiro atoms. The minimum atomic E-state index is 0.0177. The van der Waals surface area contributed by atoms with Gasteiger partial charge in [-0.25, -0.2) is 0 Å². The molecular formula is C14H16N4OS. The van der Waals surface area contributed by atoms with Gasteiger partial charge < -0.3 is 9.47 Å². The van der Waals surface area contributed by atoms with E-state index in [2.05, 4.69) is 16.8 Å². The van der Waals surface area contributed by atoms with Crippen LogP contribution in [0, 0.1) is 0 Å². The Morgan fingerprint density at radius 3 is 2.80 bits per heavy atom. The highest BCUT2D eigenvalue weighted by Crippen LogP contribution is 2.18. The van der Waals surface area contributed by atoms with E-state index in [4.69, 9.17) is 0 Å². The molecule has 104 valence electrons. The molecule has 0 radical (unpaired) electrons. The van der Waals surface area contributed by atoms with Crippen molar-refractivity contribution in [3.8, 4) is 0 Å². The van der Waals surface area contributed by atoms with Crippen molar-refractivity contribution in [1.29, 1.82) is 0 Å². The first-order chi connectivity index (χ1) is 9.72. The Bertz CT molecular complexity index is 582. The summed E-state index contributed by atoms with van der Waals surface area (Å²) in [6.45, 7) is 4.19. The van der Waals surface area contributed by atoms with E-state index in [0.717, 1.165) is 10.8 Å². The summed E-state index contributed by atoms with van der Waals surface area (Å²) in [5.41, 5.74) is 0.871. The molecule has 0 aliphatic carbocycles. The van der Waals surface area contributed by atoms with Crippen LogP contribution in [-0.4, -0.2) is 33.0 Å². The van der Waals surface area contributed by atoms with Gasteiger partial charge in [0.25, 0.3) is 0 Å². The van der Waals surface area contributed by atoms with E-state index < -0.39 is 0 Å². The Hall–Kier alpha value is -2.08. The molecule has 1 aromatic carbocycles. The van der Waals surface area contributed by atoms with Gasteiger partial charge in [0.2, 0.25) is 5.91 Å². The number of benzene rings is 1. The van der Waals surface area contributed by atoms with Gasteiger partial charge >= 0.3 is 0 Å². The molecule has 20 heavy (non-hydrogen) atoms. The molecule has 0 N–H and O–H groups in total. The van der Waals surface area contributed by atoms with Crippen LogP contribution in [0.25, 0.3) is 0 Å². The summed E-state index contributed by atoms with van der Waals surface area (Å²) in [7, 11) is 1.85. The van der Waals surface area contributed by atoms with E-state index in [1.54, 1.807) is 21.9 Å². The minimum Gasteiger partial charge on any atom is -0.312 e. The van der Waals surface area contributed by atoms with Crippen LogP contribution in [0.1, 0.15) is 0 Å². The molecule has 5 nitrogen and oxygen atoms in total. The van der Waals surface area contributed by atoms with Gasteiger partial charge in [-0.05, 0) is 12.1 Å². The van der Waals surface area contributed by atoms with Gasteiger partial charge in [-0.2, -0.15) is 0 Å². The van der Waals surface area contributed by atoms with E-state index in [-0.39, 0.29) is 5.91 Å². The van der Waals surface area contributed by atoms with Crippen molar-refractivity contribution in [2.24, 2.45) is 7.05 Å². The molecule has 0 saturated carbocycles. The van der Waals surface area contributed by atoms with Gasteiger partial charge in [0.05, 0.1) is 5.75 Å².